The zero-order valence-electron chi connectivity index (χ0n) is 8.90. The molecule has 17 heavy (non-hydrogen) atoms. The van der Waals surface area contributed by atoms with Crippen LogP contribution >= 0.6 is 15.9 Å². The van der Waals surface area contributed by atoms with Crippen LogP contribution in [0.2, 0.25) is 0 Å². The van der Waals surface area contributed by atoms with Crippen molar-refractivity contribution in [2.45, 2.75) is 6.92 Å². The lowest BCUT2D eigenvalue weighted by molar-refractivity contribution is 0.101. The summed E-state index contributed by atoms with van der Waals surface area (Å²) < 4.78 is 5.23. The average Bonchev–Trinajstić information content (AvgIpc) is 2.70. The van der Waals surface area contributed by atoms with Crippen molar-refractivity contribution in [3.63, 3.8) is 0 Å². The third-order valence-electron chi connectivity index (χ3n) is 2.18. The van der Waals surface area contributed by atoms with Gasteiger partial charge in [-0.2, -0.15) is 0 Å². The van der Waals surface area contributed by atoms with Gasteiger partial charge in [0.05, 0.1) is 0 Å². The van der Waals surface area contributed by atoms with Gasteiger partial charge in [-0.1, -0.05) is 22.0 Å². The summed E-state index contributed by atoms with van der Waals surface area (Å²) >= 11 is 3.33. The molecule has 1 heterocycles. The highest BCUT2D eigenvalue weighted by Gasteiger charge is 2.16. The smallest absolute Gasteiger partial charge is 0.281 e. The van der Waals surface area contributed by atoms with Gasteiger partial charge in [0.1, 0.15) is 0 Å². The van der Waals surface area contributed by atoms with Crippen molar-refractivity contribution < 1.29 is 9.42 Å². The number of nitrogens with one attached hydrogen (secondary N) is 1. The minimum absolute atomic E-state index is 0.0237. The maximum atomic E-state index is 11.8. The van der Waals surface area contributed by atoms with Gasteiger partial charge in [-0.25, -0.2) is 4.63 Å². The Morgan fingerprint density at radius 1 is 1.47 bits per heavy atom. The zero-order valence-corrected chi connectivity index (χ0v) is 10.5. The van der Waals surface area contributed by atoms with Crippen LogP contribution in [0.1, 0.15) is 16.1 Å². The third kappa shape index (κ3) is 2.44. The van der Waals surface area contributed by atoms with Crippen LogP contribution in [-0.4, -0.2) is 16.2 Å². The third-order valence-corrected chi connectivity index (χ3v) is 2.67. The Morgan fingerprint density at radius 3 is 2.88 bits per heavy atom. The van der Waals surface area contributed by atoms with Gasteiger partial charge in [0.25, 0.3) is 5.91 Å². The van der Waals surface area contributed by atoms with Gasteiger partial charge in [0, 0.05) is 10.2 Å². The van der Waals surface area contributed by atoms with E-state index in [1.54, 1.807) is 6.07 Å². The molecule has 0 saturated heterocycles. The molecule has 3 N–H and O–H groups in total. The molecule has 0 saturated carbocycles. The van der Waals surface area contributed by atoms with Crippen LogP contribution in [0.4, 0.5) is 11.5 Å². The van der Waals surface area contributed by atoms with Crippen LogP contribution in [0.25, 0.3) is 0 Å². The van der Waals surface area contributed by atoms with E-state index in [-0.39, 0.29) is 11.5 Å². The Morgan fingerprint density at radius 2 is 2.24 bits per heavy atom. The molecule has 0 spiro atoms. The van der Waals surface area contributed by atoms with E-state index in [4.69, 9.17) is 5.73 Å². The van der Waals surface area contributed by atoms with E-state index in [1.807, 2.05) is 19.1 Å². The molecule has 88 valence electrons. The van der Waals surface area contributed by atoms with Crippen molar-refractivity contribution in [3.05, 3.63) is 33.9 Å². The van der Waals surface area contributed by atoms with Crippen molar-refractivity contribution >= 4 is 33.3 Å². The first-order valence-electron chi connectivity index (χ1n) is 4.73. The maximum Gasteiger partial charge on any atom is 0.281 e. The first kappa shape index (κ1) is 11.6. The Labute approximate surface area is 105 Å². The highest BCUT2D eigenvalue weighted by Crippen LogP contribution is 2.21. The molecule has 0 aliphatic rings. The number of nitrogens with zero attached hydrogens (tertiary/aromatic N) is 2. The standard InChI is InChI=1S/C10H9BrN4O2/c1-5-2-3-6(11)4-7(5)13-10(16)8-9(12)15-17-14-8/h2-4H,1H3,(H2,12,15)(H,13,16). The Balaban J connectivity index is 2.24. The molecule has 1 aromatic carbocycles. The van der Waals surface area contributed by atoms with Crippen LogP contribution in [0.5, 0.6) is 0 Å². The lowest BCUT2D eigenvalue weighted by Gasteiger charge is -2.07. The molecule has 0 bridgehead atoms. The Kier molecular flexibility index (Phi) is 3.10. The van der Waals surface area contributed by atoms with Gasteiger partial charge >= 0.3 is 0 Å². The minimum Gasteiger partial charge on any atom is -0.379 e. The molecule has 0 unspecified atom stereocenters. The van der Waals surface area contributed by atoms with Crippen molar-refractivity contribution in [2.24, 2.45) is 0 Å². The monoisotopic (exact) mass is 296 g/mol. The fourth-order valence-corrected chi connectivity index (χ4v) is 1.62. The normalized spacial score (nSPS) is 10.2. The van der Waals surface area contributed by atoms with Crippen molar-refractivity contribution in [2.75, 3.05) is 11.1 Å². The number of carbonyl (C=O) groups excluding carboxylic acids is 1. The fraction of sp³-hybridized carbons (Fsp3) is 0.100. The number of hydrogen-bond donors (Lipinski definition) is 2. The van der Waals surface area contributed by atoms with Crippen LogP contribution in [0.3, 0.4) is 0 Å². The molecule has 0 radical (unpaired) electrons. The minimum atomic E-state index is -0.454. The highest BCUT2D eigenvalue weighted by molar-refractivity contribution is 9.10. The van der Waals surface area contributed by atoms with Crippen molar-refractivity contribution in [1.29, 1.82) is 0 Å². The van der Waals surface area contributed by atoms with Crippen LogP contribution in [0.15, 0.2) is 27.3 Å². The summed E-state index contributed by atoms with van der Waals surface area (Å²) in [6, 6.07) is 5.55. The lowest BCUT2D eigenvalue weighted by atomic mass is 10.2. The summed E-state index contributed by atoms with van der Waals surface area (Å²) in [6.07, 6.45) is 0. The highest BCUT2D eigenvalue weighted by atomic mass is 79.9. The fourth-order valence-electron chi connectivity index (χ4n) is 1.26. The van der Waals surface area contributed by atoms with E-state index in [2.05, 4.69) is 36.2 Å². The van der Waals surface area contributed by atoms with Crippen LogP contribution in [-0.2, 0) is 0 Å². The number of benzene rings is 1. The largest absolute Gasteiger partial charge is 0.379 e. The summed E-state index contributed by atoms with van der Waals surface area (Å²) in [5.41, 5.74) is 7.00. The second-order valence-electron chi connectivity index (χ2n) is 3.41. The first-order valence-corrected chi connectivity index (χ1v) is 5.53. The predicted molar refractivity (Wildman–Crippen MR) is 65.5 cm³/mol. The summed E-state index contributed by atoms with van der Waals surface area (Å²) in [5, 5.41) is 9.45. The molecule has 6 nitrogen and oxygen atoms in total. The first-order chi connectivity index (χ1) is 8.08. The predicted octanol–water partition coefficient (Wildman–Crippen LogP) is 1.98. The topological polar surface area (TPSA) is 94.0 Å². The number of nitrogens with two attached hydrogens (primary N) is 1. The molecule has 0 aliphatic carbocycles. The summed E-state index contributed by atoms with van der Waals surface area (Å²) in [4.78, 5) is 11.8. The van der Waals surface area contributed by atoms with E-state index in [0.717, 1.165) is 10.0 Å². The molecule has 7 heteroatoms. The molecular weight excluding hydrogens is 288 g/mol. The Bertz CT molecular complexity index is 567. The zero-order chi connectivity index (χ0) is 12.4. The Hall–Kier alpha value is -1.89. The number of amides is 1. The van der Waals surface area contributed by atoms with E-state index in [9.17, 15) is 4.79 Å². The number of rotatable bonds is 2. The second kappa shape index (κ2) is 4.54. The van der Waals surface area contributed by atoms with E-state index < -0.39 is 5.91 Å². The molecule has 0 aliphatic heterocycles. The summed E-state index contributed by atoms with van der Waals surface area (Å²) in [5.74, 6) is -0.486. The van der Waals surface area contributed by atoms with Crippen LogP contribution in [0, 0.1) is 6.92 Å². The van der Waals surface area contributed by atoms with Gasteiger partial charge in [0.15, 0.2) is 0 Å². The molecular formula is C10H9BrN4O2. The molecule has 2 rings (SSSR count). The number of anilines is 2. The maximum absolute atomic E-state index is 11.8. The van der Waals surface area contributed by atoms with Crippen LogP contribution < -0.4 is 11.1 Å². The number of aryl methyl sites for hydroxylation is 1. The van der Waals surface area contributed by atoms with Gasteiger partial charge < -0.3 is 11.1 Å². The molecule has 2 aromatic rings. The van der Waals surface area contributed by atoms with Crippen molar-refractivity contribution in [1.82, 2.24) is 10.3 Å². The summed E-state index contributed by atoms with van der Waals surface area (Å²) in [7, 11) is 0. The van der Waals surface area contributed by atoms with E-state index in [1.165, 1.54) is 0 Å². The van der Waals surface area contributed by atoms with Gasteiger partial charge in [-0.3, -0.25) is 4.79 Å². The molecule has 0 fully saturated rings. The summed E-state index contributed by atoms with van der Waals surface area (Å²) in [6.45, 7) is 1.88. The lowest BCUT2D eigenvalue weighted by Crippen LogP contribution is -2.15. The average molecular weight is 297 g/mol. The van der Waals surface area contributed by atoms with E-state index in [0.29, 0.717) is 5.69 Å². The molecule has 1 aromatic heterocycles. The van der Waals surface area contributed by atoms with Crippen molar-refractivity contribution in [3.8, 4) is 0 Å². The molecule has 1 amide bonds. The number of hydrogen-bond acceptors (Lipinski definition) is 5. The number of nitrogen functional groups attached to an aromatic ring is 1. The van der Waals surface area contributed by atoms with E-state index >= 15 is 0 Å². The molecule has 0 atom stereocenters. The number of carbonyl (C=O) groups is 1. The quantitative estimate of drug-likeness (QED) is 0.883. The van der Waals surface area contributed by atoms with Gasteiger partial charge in [-0.05, 0) is 34.9 Å². The second-order valence-corrected chi connectivity index (χ2v) is 4.33. The SMILES string of the molecule is Cc1ccc(Br)cc1NC(=O)c1nonc1N. The number of aromatic nitrogens is 2. The number of halogens is 1. The van der Waals surface area contributed by atoms with Gasteiger partial charge in [0.2, 0.25) is 11.5 Å². The van der Waals surface area contributed by atoms with Gasteiger partial charge in [-0.15, -0.1) is 0 Å².